The van der Waals surface area contributed by atoms with E-state index in [4.69, 9.17) is 0 Å². The second kappa shape index (κ2) is 5.29. The summed E-state index contributed by atoms with van der Waals surface area (Å²) in [7, 11) is -0.778. The van der Waals surface area contributed by atoms with Gasteiger partial charge in [0.2, 0.25) is 0 Å². The summed E-state index contributed by atoms with van der Waals surface area (Å²) in [5, 5.41) is 1.89. The number of hydrogen-bond acceptors (Lipinski definition) is 3. The average Bonchev–Trinajstić information content (AvgIpc) is 2.55. The summed E-state index contributed by atoms with van der Waals surface area (Å²) in [4.78, 5) is 12.2. The first kappa shape index (κ1) is 10.6. The highest BCUT2D eigenvalue weighted by atomic mass is 32.2. The van der Waals surface area contributed by atoms with Crippen molar-refractivity contribution in [1.29, 1.82) is 0 Å². The molecule has 13 heavy (non-hydrogen) atoms. The maximum atomic E-state index is 11.4. The van der Waals surface area contributed by atoms with E-state index < -0.39 is 10.8 Å². The lowest BCUT2D eigenvalue weighted by Crippen LogP contribution is -2.00. The summed E-state index contributed by atoms with van der Waals surface area (Å²) in [6.07, 6.45) is 2.90. The van der Waals surface area contributed by atoms with Gasteiger partial charge in [0.25, 0.3) is 0 Å². The van der Waals surface area contributed by atoms with Gasteiger partial charge in [-0.25, -0.2) is 0 Å². The molecule has 1 unspecified atom stereocenters. The van der Waals surface area contributed by atoms with Crippen LogP contribution in [-0.4, -0.2) is 22.0 Å². The van der Waals surface area contributed by atoms with E-state index in [-0.39, 0.29) is 5.78 Å². The highest BCUT2D eigenvalue weighted by Crippen LogP contribution is 2.12. The van der Waals surface area contributed by atoms with Crippen molar-refractivity contribution in [3.63, 3.8) is 0 Å². The van der Waals surface area contributed by atoms with Crippen LogP contribution in [0, 0.1) is 0 Å². The lowest BCUT2D eigenvalue weighted by molar-refractivity contribution is 0.0986. The summed E-state index contributed by atoms with van der Waals surface area (Å²) in [5.74, 6) is 0.789. The van der Waals surface area contributed by atoms with Crippen LogP contribution in [0.1, 0.15) is 22.5 Å². The Bertz CT molecular complexity index is 291. The van der Waals surface area contributed by atoms with Gasteiger partial charge in [0.1, 0.15) is 0 Å². The molecule has 0 aromatic carbocycles. The second-order valence-electron chi connectivity index (χ2n) is 2.78. The third-order valence-corrected chi connectivity index (χ3v) is 3.41. The molecule has 0 N–H and O–H groups in total. The van der Waals surface area contributed by atoms with E-state index in [1.54, 1.807) is 6.26 Å². The fourth-order valence-corrected chi connectivity index (χ4v) is 2.24. The first-order chi connectivity index (χ1) is 6.20. The third kappa shape index (κ3) is 3.83. The molecule has 0 aliphatic heterocycles. The van der Waals surface area contributed by atoms with Crippen molar-refractivity contribution in [2.24, 2.45) is 0 Å². The Hall–Kier alpha value is -0.480. The van der Waals surface area contributed by atoms with E-state index in [0.717, 1.165) is 11.3 Å². The molecule has 1 aromatic heterocycles. The molecule has 0 fully saturated rings. The molecule has 1 atom stereocenters. The Balaban J connectivity index is 2.31. The van der Waals surface area contributed by atoms with E-state index in [0.29, 0.717) is 12.2 Å². The molecule has 0 aliphatic rings. The summed E-state index contributed by atoms with van der Waals surface area (Å²) < 4.78 is 10.7. The van der Waals surface area contributed by atoms with Crippen molar-refractivity contribution in [2.45, 2.75) is 12.8 Å². The van der Waals surface area contributed by atoms with Crippen LogP contribution in [0.15, 0.2) is 17.5 Å². The molecule has 0 bridgehead atoms. The van der Waals surface area contributed by atoms with Crippen LogP contribution in [-0.2, 0) is 10.8 Å². The van der Waals surface area contributed by atoms with E-state index in [9.17, 15) is 9.00 Å². The van der Waals surface area contributed by atoms with Gasteiger partial charge in [-0.15, -0.1) is 11.3 Å². The maximum absolute atomic E-state index is 11.4. The SMILES string of the molecule is CS(=O)CCCC(=O)c1cccs1. The molecule has 0 saturated heterocycles. The van der Waals surface area contributed by atoms with Gasteiger partial charge in [0.15, 0.2) is 5.78 Å². The normalized spacial score (nSPS) is 12.7. The molecular weight excluding hydrogens is 204 g/mol. The molecule has 1 aromatic rings. The van der Waals surface area contributed by atoms with Gasteiger partial charge in [-0.05, 0) is 17.9 Å². The largest absolute Gasteiger partial charge is 0.293 e. The van der Waals surface area contributed by atoms with E-state index in [2.05, 4.69) is 0 Å². The molecule has 0 saturated carbocycles. The van der Waals surface area contributed by atoms with Crippen molar-refractivity contribution >= 4 is 27.9 Å². The fraction of sp³-hybridized carbons (Fsp3) is 0.444. The van der Waals surface area contributed by atoms with Gasteiger partial charge in [0, 0.05) is 29.2 Å². The quantitative estimate of drug-likeness (QED) is 0.706. The Morgan fingerprint density at radius 3 is 2.92 bits per heavy atom. The number of thiophene rings is 1. The lowest BCUT2D eigenvalue weighted by atomic mass is 10.2. The summed E-state index contributed by atoms with van der Waals surface area (Å²) in [6.45, 7) is 0. The number of ketones is 1. The van der Waals surface area contributed by atoms with Crippen LogP contribution in [0.5, 0.6) is 0 Å². The van der Waals surface area contributed by atoms with Gasteiger partial charge < -0.3 is 0 Å². The lowest BCUT2D eigenvalue weighted by Gasteiger charge is -1.96. The minimum Gasteiger partial charge on any atom is -0.293 e. The molecule has 1 heterocycles. The van der Waals surface area contributed by atoms with Crippen molar-refractivity contribution in [2.75, 3.05) is 12.0 Å². The minimum absolute atomic E-state index is 0.167. The third-order valence-electron chi connectivity index (χ3n) is 1.63. The minimum atomic E-state index is -0.778. The van der Waals surface area contributed by atoms with Crippen molar-refractivity contribution in [3.8, 4) is 0 Å². The van der Waals surface area contributed by atoms with Crippen molar-refractivity contribution in [3.05, 3.63) is 22.4 Å². The molecule has 72 valence electrons. The standard InChI is InChI=1S/C9H12O2S2/c1-13(11)7-3-4-8(10)9-5-2-6-12-9/h2,5-6H,3-4,7H2,1H3. The Kier molecular flexibility index (Phi) is 4.32. The summed E-state index contributed by atoms with van der Waals surface area (Å²) in [5.41, 5.74) is 0. The van der Waals surface area contributed by atoms with E-state index in [1.807, 2.05) is 17.5 Å². The zero-order chi connectivity index (χ0) is 9.68. The second-order valence-corrected chi connectivity index (χ2v) is 5.28. The number of carbonyl (C=O) groups excluding carboxylic acids is 1. The Labute approximate surface area is 84.4 Å². The predicted octanol–water partition coefficient (Wildman–Crippen LogP) is 2.09. The highest BCUT2D eigenvalue weighted by Gasteiger charge is 2.05. The zero-order valence-corrected chi connectivity index (χ0v) is 9.12. The van der Waals surface area contributed by atoms with Crippen LogP contribution in [0.2, 0.25) is 0 Å². The van der Waals surface area contributed by atoms with Crippen LogP contribution in [0.4, 0.5) is 0 Å². The molecule has 1 rings (SSSR count). The fourth-order valence-electron chi connectivity index (χ4n) is 0.996. The molecule has 0 spiro atoms. The van der Waals surface area contributed by atoms with Crippen LogP contribution in [0.3, 0.4) is 0 Å². The molecule has 0 amide bonds. The van der Waals surface area contributed by atoms with Gasteiger partial charge in [-0.1, -0.05) is 6.07 Å². The maximum Gasteiger partial charge on any atom is 0.172 e. The molecular formula is C9H12O2S2. The molecule has 2 nitrogen and oxygen atoms in total. The Morgan fingerprint density at radius 1 is 1.62 bits per heavy atom. The van der Waals surface area contributed by atoms with Crippen LogP contribution >= 0.6 is 11.3 Å². The first-order valence-corrected chi connectivity index (χ1v) is 6.67. The van der Waals surface area contributed by atoms with Gasteiger partial charge in [0.05, 0.1) is 4.88 Å². The smallest absolute Gasteiger partial charge is 0.172 e. The molecule has 0 radical (unpaired) electrons. The summed E-state index contributed by atoms with van der Waals surface area (Å²) in [6, 6.07) is 3.70. The number of hydrogen-bond donors (Lipinski definition) is 0. The van der Waals surface area contributed by atoms with E-state index >= 15 is 0 Å². The van der Waals surface area contributed by atoms with E-state index in [1.165, 1.54) is 11.3 Å². The number of Topliss-reactive ketones (excluding diaryl/α,β-unsaturated/α-hetero) is 1. The van der Waals surface area contributed by atoms with Gasteiger partial charge in [-0.3, -0.25) is 9.00 Å². The van der Waals surface area contributed by atoms with Gasteiger partial charge >= 0.3 is 0 Å². The molecule has 4 heteroatoms. The number of carbonyl (C=O) groups is 1. The first-order valence-electron chi connectivity index (χ1n) is 4.07. The zero-order valence-electron chi connectivity index (χ0n) is 7.49. The topological polar surface area (TPSA) is 34.1 Å². The molecule has 0 aliphatic carbocycles. The van der Waals surface area contributed by atoms with Gasteiger partial charge in [-0.2, -0.15) is 0 Å². The monoisotopic (exact) mass is 216 g/mol. The Morgan fingerprint density at radius 2 is 2.38 bits per heavy atom. The van der Waals surface area contributed by atoms with Crippen molar-refractivity contribution < 1.29 is 9.00 Å². The van der Waals surface area contributed by atoms with Crippen LogP contribution in [0.25, 0.3) is 0 Å². The van der Waals surface area contributed by atoms with Crippen LogP contribution < -0.4 is 0 Å². The highest BCUT2D eigenvalue weighted by molar-refractivity contribution is 7.84. The summed E-state index contributed by atoms with van der Waals surface area (Å²) >= 11 is 1.46. The average molecular weight is 216 g/mol. The number of rotatable bonds is 5. The van der Waals surface area contributed by atoms with Crippen molar-refractivity contribution in [1.82, 2.24) is 0 Å². The predicted molar refractivity (Wildman–Crippen MR) is 56.8 cm³/mol.